The lowest BCUT2D eigenvalue weighted by Gasteiger charge is -2.22. The normalized spacial score (nSPS) is 15.1. The van der Waals surface area contributed by atoms with Gasteiger partial charge in [-0.2, -0.15) is 0 Å². The van der Waals surface area contributed by atoms with Gasteiger partial charge < -0.3 is 16.0 Å². The Hall–Kier alpha value is -1.38. The lowest BCUT2D eigenvalue weighted by Crippen LogP contribution is -2.41. The van der Waals surface area contributed by atoms with Crippen molar-refractivity contribution in [2.24, 2.45) is 4.99 Å². The maximum atomic E-state index is 13.6. The molecule has 1 aliphatic carbocycles. The van der Waals surface area contributed by atoms with Crippen LogP contribution in [0.25, 0.3) is 0 Å². The van der Waals surface area contributed by atoms with Crippen molar-refractivity contribution in [3.63, 3.8) is 0 Å². The minimum Gasteiger partial charge on any atom is -0.356 e. The molecule has 1 aromatic carbocycles. The zero-order valence-corrected chi connectivity index (χ0v) is 17.7. The number of rotatable bonds is 7. The van der Waals surface area contributed by atoms with E-state index in [0.717, 1.165) is 12.8 Å². The number of guanidine groups is 1. The Kier molecular flexibility index (Phi) is 11.2. The summed E-state index contributed by atoms with van der Waals surface area (Å²) in [5, 5.41) is 9.36. The fourth-order valence-electron chi connectivity index (χ4n) is 3.08. The van der Waals surface area contributed by atoms with Crippen molar-refractivity contribution in [3.8, 4) is 0 Å². The van der Waals surface area contributed by atoms with E-state index in [0.29, 0.717) is 43.5 Å². The highest BCUT2D eigenvalue weighted by Crippen LogP contribution is 2.17. The van der Waals surface area contributed by atoms with Crippen LogP contribution < -0.4 is 16.0 Å². The first-order valence-electron chi connectivity index (χ1n) is 9.16. The van der Waals surface area contributed by atoms with Crippen LogP contribution in [0.15, 0.2) is 29.3 Å². The predicted molar refractivity (Wildman–Crippen MR) is 115 cm³/mol. The number of benzene rings is 1. The molecule has 0 spiro atoms. The molecular weight excluding hydrogens is 446 g/mol. The van der Waals surface area contributed by atoms with Crippen molar-refractivity contribution in [1.82, 2.24) is 16.0 Å². The van der Waals surface area contributed by atoms with Gasteiger partial charge >= 0.3 is 0 Å². The maximum absolute atomic E-state index is 13.6. The quantitative estimate of drug-likeness (QED) is 0.322. The molecule has 1 saturated carbocycles. The summed E-state index contributed by atoms with van der Waals surface area (Å²) in [4.78, 5) is 16.1. The van der Waals surface area contributed by atoms with Gasteiger partial charge in [0.15, 0.2) is 5.96 Å². The largest absolute Gasteiger partial charge is 0.356 e. The second kappa shape index (κ2) is 12.9. The minimum absolute atomic E-state index is 0. The lowest BCUT2D eigenvalue weighted by atomic mass is 9.95. The third-order valence-corrected chi connectivity index (χ3v) is 4.48. The van der Waals surface area contributed by atoms with Crippen LogP contribution in [0.3, 0.4) is 0 Å². The Balaban J connectivity index is 0.00000338. The van der Waals surface area contributed by atoms with Gasteiger partial charge in [-0.25, -0.2) is 4.39 Å². The molecule has 26 heavy (non-hydrogen) atoms. The summed E-state index contributed by atoms with van der Waals surface area (Å²) in [6.45, 7) is 1.10. The topological polar surface area (TPSA) is 65.5 Å². The predicted octanol–water partition coefficient (Wildman–Crippen LogP) is 2.99. The van der Waals surface area contributed by atoms with Crippen LogP contribution in [0, 0.1) is 5.82 Å². The van der Waals surface area contributed by atoms with E-state index in [-0.39, 0.29) is 35.7 Å². The molecule has 1 aromatic rings. The van der Waals surface area contributed by atoms with Crippen LogP contribution in [0.2, 0.25) is 0 Å². The molecule has 2 rings (SSSR count). The van der Waals surface area contributed by atoms with E-state index in [1.165, 1.54) is 25.3 Å². The monoisotopic (exact) mass is 476 g/mol. The van der Waals surface area contributed by atoms with Crippen LogP contribution in [0.5, 0.6) is 0 Å². The molecule has 0 aliphatic heterocycles. The van der Waals surface area contributed by atoms with Gasteiger partial charge in [-0.05, 0) is 30.9 Å². The zero-order valence-electron chi connectivity index (χ0n) is 15.4. The van der Waals surface area contributed by atoms with Crippen LogP contribution >= 0.6 is 24.0 Å². The SMILES string of the molecule is CN=C(NCCC(=O)NC1CCCCC1)NCCc1ccccc1F.I. The number of carbonyl (C=O) groups excluding carboxylic acids is 1. The van der Waals surface area contributed by atoms with E-state index >= 15 is 0 Å². The average Bonchev–Trinajstić information content (AvgIpc) is 2.62. The molecule has 0 aromatic heterocycles. The van der Waals surface area contributed by atoms with E-state index < -0.39 is 0 Å². The van der Waals surface area contributed by atoms with Crippen LogP contribution in [0.1, 0.15) is 44.1 Å². The summed E-state index contributed by atoms with van der Waals surface area (Å²) in [6.07, 6.45) is 6.89. The molecule has 5 nitrogen and oxygen atoms in total. The van der Waals surface area contributed by atoms with Gasteiger partial charge in [0.1, 0.15) is 5.82 Å². The van der Waals surface area contributed by atoms with Gasteiger partial charge in [0.25, 0.3) is 0 Å². The van der Waals surface area contributed by atoms with E-state index in [1.54, 1.807) is 19.2 Å². The summed E-state index contributed by atoms with van der Waals surface area (Å²) >= 11 is 0. The molecular formula is C19H30FIN4O. The Bertz CT molecular complexity index is 576. The maximum Gasteiger partial charge on any atom is 0.221 e. The van der Waals surface area contributed by atoms with Gasteiger partial charge in [0.05, 0.1) is 0 Å². The summed E-state index contributed by atoms with van der Waals surface area (Å²) in [7, 11) is 1.68. The molecule has 0 bridgehead atoms. The first-order chi connectivity index (χ1) is 12.2. The average molecular weight is 476 g/mol. The highest BCUT2D eigenvalue weighted by Gasteiger charge is 2.15. The second-order valence-electron chi connectivity index (χ2n) is 6.42. The van der Waals surface area contributed by atoms with E-state index in [9.17, 15) is 9.18 Å². The molecule has 1 aliphatic rings. The fourth-order valence-corrected chi connectivity index (χ4v) is 3.08. The fraction of sp³-hybridized carbons (Fsp3) is 0.579. The molecule has 0 atom stereocenters. The molecule has 1 amide bonds. The highest BCUT2D eigenvalue weighted by atomic mass is 127. The lowest BCUT2D eigenvalue weighted by molar-refractivity contribution is -0.121. The molecule has 7 heteroatoms. The Morgan fingerprint density at radius 1 is 1.15 bits per heavy atom. The third kappa shape index (κ3) is 8.33. The van der Waals surface area contributed by atoms with Gasteiger partial charge in [-0.3, -0.25) is 9.79 Å². The van der Waals surface area contributed by atoms with Gasteiger partial charge in [-0.15, -0.1) is 24.0 Å². The first-order valence-corrected chi connectivity index (χ1v) is 9.16. The number of carbonyl (C=O) groups is 1. The van der Waals surface area contributed by atoms with Crippen molar-refractivity contribution >= 4 is 35.8 Å². The standard InChI is InChI=1S/C19H29FN4O.HI/c1-21-19(22-13-11-15-7-5-6-10-17(15)20)23-14-12-18(25)24-16-8-3-2-4-9-16;/h5-7,10,16H,2-4,8-9,11-14H2,1H3,(H,24,25)(H2,21,22,23);1H. The molecule has 3 N–H and O–H groups in total. The summed E-state index contributed by atoms with van der Waals surface area (Å²) < 4.78 is 13.6. The van der Waals surface area contributed by atoms with Crippen molar-refractivity contribution < 1.29 is 9.18 Å². The number of halogens is 2. The summed E-state index contributed by atoms with van der Waals surface area (Å²) in [5.41, 5.74) is 0.678. The van der Waals surface area contributed by atoms with Crippen molar-refractivity contribution in [1.29, 1.82) is 0 Å². The Morgan fingerprint density at radius 2 is 1.85 bits per heavy atom. The van der Waals surface area contributed by atoms with Gasteiger partial charge in [-0.1, -0.05) is 37.5 Å². The molecule has 0 unspecified atom stereocenters. The number of nitrogens with zero attached hydrogens (tertiary/aromatic N) is 1. The molecule has 0 saturated heterocycles. The molecule has 0 radical (unpaired) electrons. The number of aliphatic imine (C=N–C) groups is 1. The Labute approximate surface area is 172 Å². The Morgan fingerprint density at radius 3 is 2.54 bits per heavy atom. The summed E-state index contributed by atoms with van der Waals surface area (Å²) in [5.74, 6) is 0.523. The number of amides is 1. The minimum atomic E-state index is -0.188. The van der Waals surface area contributed by atoms with Crippen molar-refractivity contribution in [2.75, 3.05) is 20.1 Å². The van der Waals surface area contributed by atoms with Crippen LogP contribution in [-0.4, -0.2) is 38.0 Å². The molecule has 1 fully saturated rings. The smallest absolute Gasteiger partial charge is 0.221 e. The third-order valence-electron chi connectivity index (χ3n) is 4.48. The first kappa shape index (κ1) is 22.7. The van der Waals surface area contributed by atoms with E-state index in [1.807, 2.05) is 6.07 Å². The zero-order chi connectivity index (χ0) is 17.9. The number of hydrogen-bond acceptors (Lipinski definition) is 2. The molecule has 0 heterocycles. The summed E-state index contributed by atoms with van der Waals surface area (Å²) in [6, 6.07) is 7.11. The highest BCUT2D eigenvalue weighted by molar-refractivity contribution is 14.0. The van der Waals surface area contributed by atoms with Gasteiger partial charge in [0.2, 0.25) is 5.91 Å². The van der Waals surface area contributed by atoms with Crippen LogP contribution in [-0.2, 0) is 11.2 Å². The van der Waals surface area contributed by atoms with Crippen molar-refractivity contribution in [2.45, 2.75) is 51.0 Å². The number of hydrogen-bond donors (Lipinski definition) is 3. The van der Waals surface area contributed by atoms with Crippen LogP contribution in [0.4, 0.5) is 4.39 Å². The van der Waals surface area contributed by atoms with E-state index in [2.05, 4.69) is 20.9 Å². The molecule has 146 valence electrons. The van der Waals surface area contributed by atoms with E-state index in [4.69, 9.17) is 0 Å². The number of nitrogens with one attached hydrogen (secondary N) is 3. The second-order valence-corrected chi connectivity index (χ2v) is 6.42. The van der Waals surface area contributed by atoms with Gasteiger partial charge in [0, 0.05) is 32.6 Å². The van der Waals surface area contributed by atoms with Crippen molar-refractivity contribution in [3.05, 3.63) is 35.6 Å².